The minimum atomic E-state index is -3.15. The van der Waals surface area contributed by atoms with Gasteiger partial charge < -0.3 is 5.32 Å². The lowest BCUT2D eigenvalue weighted by atomic mass is 9.93. The lowest BCUT2D eigenvalue weighted by Gasteiger charge is -2.42. The van der Waals surface area contributed by atoms with E-state index in [0.29, 0.717) is 32.5 Å². The van der Waals surface area contributed by atoms with Crippen molar-refractivity contribution in [1.82, 2.24) is 14.5 Å². The van der Waals surface area contributed by atoms with Gasteiger partial charge in [-0.15, -0.1) is 0 Å². The van der Waals surface area contributed by atoms with Gasteiger partial charge in [0.1, 0.15) is 0 Å². The van der Waals surface area contributed by atoms with Crippen molar-refractivity contribution in [3.63, 3.8) is 0 Å². The molecule has 0 aliphatic carbocycles. The van der Waals surface area contributed by atoms with E-state index in [0.717, 1.165) is 19.5 Å². The van der Waals surface area contributed by atoms with E-state index in [4.69, 9.17) is 0 Å². The van der Waals surface area contributed by atoms with Gasteiger partial charge >= 0.3 is 0 Å². The zero-order valence-corrected chi connectivity index (χ0v) is 17.4. The number of hydrogen-bond acceptors (Lipinski definition) is 4. The number of carbonyl (C=O) groups excluding carboxylic acids is 1. The highest BCUT2D eigenvalue weighted by Crippen LogP contribution is 2.25. The molecule has 1 aromatic carbocycles. The van der Waals surface area contributed by atoms with Gasteiger partial charge in [-0.3, -0.25) is 9.69 Å². The molecule has 0 radical (unpaired) electrons. The van der Waals surface area contributed by atoms with E-state index >= 15 is 0 Å². The summed E-state index contributed by atoms with van der Waals surface area (Å²) in [5, 5.41) is 3.12. The Labute approximate surface area is 163 Å². The lowest BCUT2D eigenvalue weighted by molar-refractivity contribution is -0.126. The Morgan fingerprint density at radius 2 is 1.78 bits per heavy atom. The summed E-state index contributed by atoms with van der Waals surface area (Å²) in [6.45, 7) is 7.71. The van der Waals surface area contributed by atoms with Crippen LogP contribution in [0.2, 0.25) is 0 Å². The summed E-state index contributed by atoms with van der Waals surface area (Å²) in [5.41, 5.74) is 2.67. The smallest absolute Gasteiger partial charge is 0.223 e. The lowest BCUT2D eigenvalue weighted by Crippen LogP contribution is -2.54. The van der Waals surface area contributed by atoms with E-state index in [1.54, 1.807) is 0 Å². The van der Waals surface area contributed by atoms with Gasteiger partial charge in [0, 0.05) is 44.2 Å². The summed E-state index contributed by atoms with van der Waals surface area (Å²) in [4.78, 5) is 15.0. The zero-order valence-electron chi connectivity index (χ0n) is 16.6. The van der Waals surface area contributed by atoms with Crippen molar-refractivity contribution in [2.75, 3.05) is 32.4 Å². The van der Waals surface area contributed by atoms with Crippen molar-refractivity contribution in [2.24, 2.45) is 5.92 Å². The third-order valence-corrected chi connectivity index (χ3v) is 7.28. The molecular weight excluding hydrogens is 362 g/mol. The van der Waals surface area contributed by atoms with Gasteiger partial charge in [0.05, 0.1) is 6.26 Å². The van der Waals surface area contributed by atoms with E-state index in [1.165, 1.54) is 21.7 Å². The number of rotatable bonds is 5. The Bertz CT molecular complexity index is 783. The van der Waals surface area contributed by atoms with Crippen molar-refractivity contribution in [2.45, 2.75) is 45.2 Å². The molecule has 1 amide bonds. The molecule has 1 N–H and O–H groups in total. The Balaban J connectivity index is 1.51. The first-order valence-corrected chi connectivity index (χ1v) is 11.6. The molecule has 2 aliphatic rings. The SMILES string of the molecule is CC(C)(CNC(=O)C1CCN(S(C)(=O)=O)CC1)N1CCc2ccccc2C1. The van der Waals surface area contributed by atoms with Crippen LogP contribution in [-0.4, -0.2) is 61.5 Å². The fraction of sp³-hybridized carbons (Fsp3) is 0.650. The zero-order chi connectivity index (χ0) is 19.7. The number of benzene rings is 1. The summed E-state index contributed by atoms with van der Waals surface area (Å²) < 4.78 is 24.7. The molecule has 2 aliphatic heterocycles. The summed E-state index contributed by atoms with van der Waals surface area (Å²) >= 11 is 0. The molecule has 0 unspecified atom stereocenters. The predicted molar refractivity (Wildman–Crippen MR) is 107 cm³/mol. The van der Waals surface area contributed by atoms with Gasteiger partial charge in [0.2, 0.25) is 15.9 Å². The van der Waals surface area contributed by atoms with Crippen LogP contribution in [-0.2, 0) is 27.8 Å². The fourth-order valence-electron chi connectivity index (χ4n) is 4.02. The Morgan fingerprint density at radius 1 is 1.15 bits per heavy atom. The first kappa shape index (κ1) is 20.3. The van der Waals surface area contributed by atoms with E-state index in [9.17, 15) is 13.2 Å². The Hall–Kier alpha value is -1.44. The number of nitrogens with zero attached hydrogens (tertiary/aromatic N) is 2. The molecule has 0 saturated carbocycles. The van der Waals surface area contributed by atoms with Gasteiger partial charge in [-0.1, -0.05) is 24.3 Å². The van der Waals surface area contributed by atoms with Crippen LogP contribution < -0.4 is 5.32 Å². The molecule has 0 spiro atoms. The third kappa shape index (κ3) is 4.89. The van der Waals surface area contributed by atoms with Crippen molar-refractivity contribution in [3.05, 3.63) is 35.4 Å². The summed E-state index contributed by atoms with van der Waals surface area (Å²) in [6, 6.07) is 8.56. The number of sulfonamides is 1. The molecular formula is C20H31N3O3S. The normalized spacial score (nSPS) is 20.3. The van der Waals surface area contributed by atoms with Crippen LogP contribution in [0.1, 0.15) is 37.8 Å². The molecule has 7 heteroatoms. The van der Waals surface area contributed by atoms with Gasteiger partial charge in [0.25, 0.3) is 0 Å². The van der Waals surface area contributed by atoms with Gasteiger partial charge in [-0.05, 0) is 44.2 Å². The second-order valence-corrected chi connectivity index (χ2v) is 10.4. The number of fused-ring (bicyclic) bond motifs is 1. The average Bonchev–Trinajstić information content (AvgIpc) is 2.65. The maximum Gasteiger partial charge on any atom is 0.223 e. The van der Waals surface area contributed by atoms with Gasteiger partial charge in [0.15, 0.2) is 0 Å². The van der Waals surface area contributed by atoms with E-state index in [1.807, 2.05) is 0 Å². The van der Waals surface area contributed by atoms with Crippen molar-refractivity contribution in [3.8, 4) is 0 Å². The number of nitrogens with one attached hydrogen (secondary N) is 1. The number of amides is 1. The summed E-state index contributed by atoms with van der Waals surface area (Å²) in [6.07, 6.45) is 3.46. The van der Waals surface area contributed by atoms with Crippen LogP contribution in [0, 0.1) is 5.92 Å². The van der Waals surface area contributed by atoms with Crippen LogP contribution in [0.15, 0.2) is 24.3 Å². The van der Waals surface area contributed by atoms with Gasteiger partial charge in [-0.2, -0.15) is 0 Å². The third-order valence-electron chi connectivity index (χ3n) is 5.98. The quantitative estimate of drug-likeness (QED) is 0.825. The highest BCUT2D eigenvalue weighted by atomic mass is 32.2. The average molecular weight is 394 g/mol. The molecule has 3 rings (SSSR count). The second-order valence-electron chi connectivity index (χ2n) is 8.41. The maximum absolute atomic E-state index is 12.6. The largest absolute Gasteiger partial charge is 0.354 e. The highest BCUT2D eigenvalue weighted by Gasteiger charge is 2.32. The van der Waals surface area contributed by atoms with Crippen LogP contribution in [0.25, 0.3) is 0 Å². The van der Waals surface area contributed by atoms with E-state index in [2.05, 4.69) is 48.3 Å². The van der Waals surface area contributed by atoms with Crippen LogP contribution >= 0.6 is 0 Å². The van der Waals surface area contributed by atoms with E-state index in [-0.39, 0.29) is 17.4 Å². The highest BCUT2D eigenvalue weighted by molar-refractivity contribution is 7.88. The van der Waals surface area contributed by atoms with Gasteiger partial charge in [-0.25, -0.2) is 12.7 Å². The van der Waals surface area contributed by atoms with Crippen molar-refractivity contribution < 1.29 is 13.2 Å². The number of carbonyl (C=O) groups is 1. The predicted octanol–water partition coefficient (Wildman–Crippen LogP) is 1.61. The Morgan fingerprint density at radius 3 is 2.41 bits per heavy atom. The summed E-state index contributed by atoms with van der Waals surface area (Å²) in [5.74, 6) is -0.0467. The monoisotopic (exact) mass is 393 g/mol. The minimum absolute atomic E-state index is 0.0497. The molecule has 27 heavy (non-hydrogen) atoms. The van der Waals surface area contributed by atoms with Crippen LogP contribution in [0.4, 0.5) is 0 Å². The molecule has 0 bridgehead atoms. The minimum Gasteiger partial charge on any atom is -0.354 e. The van der Waals surface area contributed by atoms with Crippen molar-refractivity contribution >= 4 is 15.9 Å². The molecule has 0 atom stereocenters. The van der Waals surface area contributed by atoms with E-state index < -0.39 is 10.0 Å². The van der Waals surface area contributed by atoms with Crippen molar-refractivity contribution in [1.29, 1.82) is 0 Å². The first-order valence-electron chi connectivity index (χ1n) is 9.71. The first-order chi connectivity index (χ1) is 12.7. The maximum atomic E-state index is 12.6. The number of hydrogen-bond donors (Lipinski definition) is 1. The molecule has 2 heterocycles. The number of piperidine rings is 1. The molecule has 1 aromatic rings. The van der Waals surface area contributed by atoms with Crippen LogP contribution in [0.3, 0.4) is 0 Å². The molecule has 6 nitrogen and oxygen atoms in total. The molecule has 1 saturated heterocycles. The topological polar surface area (TPSA) is 69.7 Å². The fourth-order valence-corrected chi connectivity index (χ4v) is 4.90. The standard InChI is InChI=1S/C20H31N3O3S/c1-20(2,22-11-8-16-6-4-5-7-18(16)14-22)15-21-19(24)17-9-12-23(13-10-17)27(3,25)26/h4-7,17H,8-15H2,1-3H3,(H,21,24). The summed E-state index contributed by atoms with van der Waals surface area (Å²) in [7, 11) is -3.15. The molecule has 0 aromatic heterocycles. The second kappa shape index (κ2) is 7.89. The molecule has 1 fully saturated rings. The molecule has 150 valence electrons. The van der Waals surface area contributed by atoms with Crippen LogP contribution in [0.5, 0.6) is 0 Å². The Kier molecular flexibility index (Phi) is 5.93.